The molecule has 4 rings (SSSR count). The van der Waals surface area contributed by atoms with E-state index in [0.717, 1.165) is 17.6 Å². The van der Waals surface area contributed by atoms with Gasteiger partial charge in [0.2, 0.25) is 0 Å². The van der Waals surface area contributed by atoms with E-state index in [0.29, 0.717) is 13.0 Å². The van der Waals surface area contributed by atoms with Crippen LogP contribution in [0.2, 0.25) is 0 Å². The van der Waals surface area contributed by atoms with Gasteiger partial charge in [0, 0.05) is 41.6 Å². The first-order chi connectivity index (χ1) is 13.5. The molecule has 28 heavy (non-hydrogen) atoms. The fraction of sp³-hybridized carbons (Fsp3) is 0.300. The van der Waals surface area contributed by atoms with Crippen LogP contribution in [0.3, 0.4) is 0 Å². The highest BCUT2D eigenvalue weighted by molar-refractivity contribution is 7.91. The molecule has 0 bridgehead atoms. The van der Waals surface area contributed by atoms with E-state index in [-0.39, 0.29) is 29.1 Å². The Hall–Kier alpha value is -2.87. The molecular formula is C20H22N4O3S. The summed E-state index contributed by atoms with van der Waals surface area (Å²) in [5, 5.41) is 7.30. The lowest BCUT2D eigenvalue weighted by atomic mass is 10.1. The Morgan fingerprint density at radius 1 is 1.25 bits per heavy atom. The topological polar surface area (TPSA) is 104 Å². The van der Waals surface area contributed by atoms with Gasteiger partial charge in [0.25, 0.3) is 5.91 Å². The van der Waals surface area contributed by atoms with Crippen molar-refractivity contribution in [3.05, 3.63) is 60.0 Å². The van der Waals surface area contributed by atoms with E-state index in [1.165, 1.54) is 10.9 Å². The molecule has 7 nitrogen and oxygen atoms in total. The van der Waals surface area contributed by atoms with Crippen LogP contribution in [0.4, 0.5) is 5.69 Å². The number of carbonyl (C=O) groups is 1. The summed E-state index contributed by atoms with van der Waals surface area (Å²) in [5.41, 5.74) is 3.44. The van der Waals surface area contributed by atoms with Crippen LogP contribution >= 0.6 is 0 Å². The predicted octanol–water partition coefficient (Wildman–Crippen LogP) is 2.13. The molecular weight excluding hydrogens is 376 g/mol. The molecule has 0 radical (unpaired) electrons. The van der Waals surface area contributed by atoms with Crippen molar-refractivity contribution in [2.45, 2.75) is 18.9 Å². The number of para-hydroxylation sites is 1. The molecule has 0 aliphatic carbocycles. The maximum Gasteiger partial charge on any atom is 0.270 e. The van der Waals surface area contributed by atoms with Crippen molar-refractivity contribution >= 4 is 32.3 Å². The van der Waals surface area contributed by atoms with Crippen molar-refractivity contribution in [3.63, 3.8) is 0 Å². The van der Waals surface area contributed by atoms with Crippen LogP contribution in [-0.4, -0.2) is 48.4 Å². The van der Waals surface area contributed by atoms with Crippen LogP contribution in [-0.2, 0) is 16.3 Å². The lowest BCUT2D eigenvalue weighted by Crippen LogP contribution is -2.36. The van der Waals surface area contributed by atoms with Crippen molar-refractivity contribution in [1.29, 1.82) is 0 Å². The first kappa shape index (κ1) is 18.5. The number of benzene rings is 1. The number of carbonyl (C=O) groups excluding carboxylic acids is 1. The normalized spacial score (nSPS) is 18.2. The maximum atomic E-state index is 12.4. The van der Waals surface area contributed by atoms with Gasteiger partial charge in [-0.1, -0.05) is 18.2 Å². The summed E-state index contributed by atoms with van der Waals surface area (Å²) in [4.78, 5) is 19.7. The molecule has 1 aliphatic heterocycles. The molecule has 1 amide bonds. The number of H-pyrrole nitrogens is 1. The Bertz CT molecular complexity index is 1110. The Morgan fingerprint density at radius 3 is 2.93 bits per heavy atom. The second-order valence-electron chi connectivity index (χ2n) is 7.04. The average Bonchev–Trinajstić information content (AvgIpc) is 3.25. The van der Waals surface area contributed by atoms with Crippen LogP contribution < -0.4 is 10.6 Å². The fourth-order valence-corrected chi connectivity index (χ4v) is 5.19. The zero-order valence-electron chi connectivity index (χ0n) is 15.3. The predicted molar refractivity (Wildman–Crippen MR) is 109 cm³/mol. The third kappa shape index (κ3) is 4.17. The summed E-state index contributed by atoms with van der Waals surface area (Å²) in [5.74, 6) is -0.218. The van der Waals surface area contributed by atoms with Gasteiger partial charge in [0.15, 0.2) is 9.84 Å². The maximum absolute atomic E-state index is 12.4. The van der Waals surface area contributed by atoms with Gasteiger partial charge in [0.1, 0.15) is 5.69 Å². The van der Waals surface area contributed by atoms with E-state index >= 15 is 0 Å². The zero-order chi connectivity index (χ0) is 19.6. The average molecular weight is 398 g/mol. The molecule has 3 N–H and O–H groups in total. The number of aromatic amines is 1. The van der Waals surface area contributed by atoms with E-state index in [1.54, 1.807) is 12.3 Å². The van der Waals surface area contributed by atoms with Crippen LogP contribution in [0, 0.1) is 0 Å². The number of pyridine rings is 1. The molecule has 1 unspecified atom stereocenters. The van der Waals surface area contributed by atoms with Crippen LogP contribution in [0.1, 0.15) is 22.5 Å². The number of hydrogen-bond donors (Lipinski definition) is 3. The van der Waals surface area contributed by atoms with Crippen molar-refractivity contribution in [3.8, 4) is 0 Å². The molecule has 3 aromatic rings. The minimum atomic E-state index is -3.03. The van der Waals surface area contributed by atoms with Crippen molar-refractivity contribution in [1.82, 2.24) is 15.3 Å². The number of aromatic nitrogens is 2. The van der Waals surface area contributed by atoms with E-state index in [2.05, 4.69) is 32.7 Å². The number of hydrogen-bond acceptors (Lipinski definition) is 5. The summed E-state index contributed by atoms with van der Waals surface area (Å²) in [6.07, 6.45) is 4.90. The number of anilines is 1. The SMILES string of the molecule is O=C(NC1CCS(=O)(=O)C1)c1cc(NCCc2c[nH]c3ccccc23)ccn1. The largest absolute Gasteiger partial charge is 0.385 e. The standard InChI is InChI=1S/C20H22N4O3S/c25-20(24-16-7-10-28(26,27)13-16)19-11-15(6-9-22-19)21-8-5-14-12-23-18-4-2-1-3-17(14)18/h1-4,6,9,11-12,16,23H,5,7-8,10,13H2,(H,21,22)(H,24,25). The molecule has 1 aromatic carbocycles. The van der Waals surface area contributed by atoms with Crippen molar-refractivity contribution in [2.24, 2.45) is 0 Å². The Labute approximate surface area is 163 Å². The highest BCUT2D eigenvalue weighted by Gasteiger charge is 2.29. The van der Waals surface area contributed by atoms with Gasteiger partial charge < -0.3 is 15.6 Å². The van der Waals surface area contributed by atoms with E-state index < -0.39 is 9.84 Å². The number of rotatable bonds is 6. The number of nitrogens with zero attached hydrogens (tertiary/aromatic N) is 1. The van der Waals surface area contributed by atoms with Crippen molar-refractivity contribution in [2.75, 3.05) is 23.4 Å². The quantitative estimate of drug-likeness (QED) is 0.590. The highest BCUT2D eigenvalue weighted by Crippen LogP contribution is 2.18. The molecule has 0 spiro atoms. The van der Waals surface area contributed by atoms with E-state index in [4.69, 9.17) is 0 Å². The van der Waals surface area contributed by atoms with Crippen molar-refractivity contribution < 1.29 is 13.2 Å². The minimum absolute atomic E-state index is 0.00129. The summed E-state index contributed by atoms with van der Waals surface area (Å²) < 4.78 is 23.1. The lowest BCUT2D eigenvalue weighted by molar-refractivity contribution is 0.0936. The minimum Gasteiger partial charge on any atom is -0.385 e. The Balaban J connectivity index is 1.35. The molecule has 1 fully saturated rings. The first-order valence-corrected chi connectivity index (χ1v) is 11.1. The number of nitrogens with one attached hydrogen (secondary N) is 3. The second-order valence-corrected chi connectivity index (χ2v) is 9.27. The van der Waals surface area contributed by atoms with Crippen LogP contribution in [0.25, 0.3) is 10.9 Å². The number of sulfone groups is 1. The monoisotopic (exact) mass is 398 g/mol. The van der Waals surface area contributed by atoms with Crippen LogP contribution in [0.15, 0.2) is 48.8 Å². The highest BCUT2D eigenvalue weighted by atomic mass is 32.2. The lowest BCUT2D eigenvalue weighted by Gasteiger charge is -2.11. The van der Waals surface area contributed by atoms with Gasteiger partial charge in [-0.2, -0.15) is 0 Å². The Morgan fingerprint density at radius 2 is 2.11 bits per heavy atom. The van der Waals surface area contributed by atoms with Crippen LogP contribution in [0.5, 0.6) is 0 Å². The number of amides is 1. The van der Waals surface area contributed by atoms with Gasteiger partial charge >= 0.3 is 0 Å². The van der Waals surface area contributed by atoms with E-state index in [1.807, 2.05) is 24.4 Å². The molecule has 1 atom stereocenters. The Kier molecular flexibility index (Phi) is 5.04. The smallest absolute Gasteiger partial charge is 0.270 e. The third-order valence-corrected chi connectivity index (χ3v) is 6.73. The van der Waals surface area contributed by atoms with Gasteiger partial charge in [-0.3, -0.25) is 9.78 Å². The van der Waals surface area contributed by atoms with Gasteiger partial charge in [-0.25, -0.2) is 8.42 Å². The first-order valence-electron chi connectivity index (χ1n) is 9.26. The molecule has 146 valence electrons. The van der Waals surface area contributed by atoms with Gasteiger partial charge in [-0.15, -0.1) is 0 Å². The molecule has 8 heteroatoms. The third-order valence-electron chi connectivity index (χ3n) is 4.96. The summed E-state index contributed by atoms with van der Waals surface area (Å²) in [7, 11) is -3.03. The van der Waals surface area contributed by atoms with Gasteiger partial charge in [0.05, 0.1) is 11.5 Å². The molecule has 0 saturated carbocycles. The van der Waals surface area contributed by atoms with E-state index in [9.17, 15) is 13.2 Å². The number of fused-ring (bicyclic) bond motifs is 1. The zero-order valence-corrected chi connectivity index (χ0v) is 16.1. The molecule has 3 heterocycles. The summed E-state index contributed by atoms with van der Waals surface area (Å²) in [6.45, 7) is 0.716. The second kappa shape index (κ2) is 7.63. The summed E-state index contributed by atoms with van der Waals surface area (Å²) >= 11 is 0. The molecule has 1 aliphatic rings. The fourth-order valence-electron chi connectivity index (χ4n) is 3.51. The molecule has 2 aromatic heterocycles. The van der Waals surface area contributed by atoms with Gasteiger partial charge in [-0.05, 0) is 36.6 Å². The molecule has 1 saturated heterocycles. The summed E-state index contributed by atoms with van der Waals surface area (Å²) in [6, 6.07) is 11.3.